The van der Waals surface area contributed by atoms with Gasteiger partial charge in [0.2, 0.25) is 0 Å². The van der Waals surface area contributed by atoms with E-state index in [1.807, 2.05) is 18.2 Å². The van der Waals surface area contributed by atoms with E-state index in [0.29, 0.717) is 12.6 Å². The van der Waals surface area contributed by atoms with Crippen molar-refractivity contribution in [3.05, 3.63) is 41.5 Å². The molecular formula is C21H27NO3. The number of nitrogens with zero attached hydrogens (tertiary/aromatic N) is 1. The van der Waals surface area contributed by atoms with Gasteiger partial charge in [-0.25, -0.2) is 0 Å². The van der Waals surface area contributed by atoms with Gasteiger partial charge in [0, 0.05) is 19.0 Å². The number of ether oxygens (including phenoxy) is 1. The summed E-state index contributed by atoms with van der Waals surface area (Å²) < 4.78 is 4.97. The van der Waals surface area contributed by atoms with Gasteiger partial charge in [-0.3, -0.25) is 9.59 Å². The molecule has 0 radical (unpaired) electrons. The maximum atomic E-state index is 13.1. The zero-order valence-corrected chi connectivity index (χ0v) is 15.0. The van der Waals surface area contributed by atoms with Crippen molar-refractivity contribution in [2.45, 2.75) is 57.9 Å². The molecule has 25 heavy (non-hydrogen) atoms. The second kappa shape index (κ2) is 8.32. The first kappa shape index (κ1) is 17.7. The number of carbonyl (C=O) groups excluding carboxylic acids is 2. The average molecular weight is 341 g/mol. The Balaban J connectivity index is 1.62. The first-order valence-electron chi connectivity index (χ1n) is 9.41. The van der Waals surface area contributed by atoms with Crippen LogP contribution in [-0.4, -0.2) is 36.0 Å². The molecule has 1 aliphatic carbocycles. The molecule has 4 heteroatoms. The molecule has 1 amide bonds. The van der Waals surface area contributed by atoms with Crippen molar-refractivity contribution in [1.82, 2.24) is 4.90 Å². The van der Waals surface area contributed by atoms with E-state index in [9.17, 15) is 9.59 Å². The quantitative estimate of drug-likeness (QED) is 0.557. The summed E-state index contributed by atoms with van der Waals surface area (Å²) in [5, 5.41) is 0. The minimum absolute atomic E-state index is 0.202. The van der Waals surface area contributed by atoms with Gasteiger partial charge >= 0.3 is 5.97 Å². The molecule has 0 saturated heterocycles. The Bertz CT molecular complexity index is 650. The largest absolute Gasteiger partial charge is 0.466 e. The van der Waals surface area contributed by atoms with Gasteiger partial charge in [0.1, 0.15) is 0 Å². The number of hydrogen-bond acceptors (Lipinski definition) is 3. The van der Waals surface area contributed by atoms with Crippen molar-refractivity contribution in [1.29, 1.82) is 0 Å². The minimum atomic E-state index is -0.224. The van der Waals surface area contributed by atoms with Crippen molar-refractivity contribution in [2.75, 3.05) is 13.2 Å². The van der Waals surface area contributed by atoms with E-state index in [-0.39, 0.29) is 11.9 Å². The first-order chi connectivity index (χ1) is 12.2. The molecule has 0 bridgehead atoms. The van der Waals surface area contributed by atoms with Crippen LogP contribution in [0, 0.1) is 0 Å². The summed E-state index contributed by atoms with van der Waals surface area (Å²) in [7, 11) is 0. The predicted octanol–water partition coefficient (Wildman–Crippen LogP) is 3.96. The van der Waals surface area contributed by atoms with E-state index in [4.69, 9.17) is 4.74 Å². The second-order valence-electron chi connectivity index (χ2n) is 6.93. The van der Waals surface area contributed by atoms with Crippen molar-refractivity contribution < 1.29 is 14.3 Å². The van der Waals surface area contributed by atoms with Gasteiger partial charge in [0.15, 0.2) is 0 Å². The Hall–Kier alpha value is -2.10. The summed E-state index contributed by atoms with van der Waals surface area (Å²) in [5.74, 6) is -0.0219. The normalized spacial score (nSPS) is 20.0. The van der Waals surface area contributed by atoms with Gasteiger partial charge in [-0.15, -0.1) is 0 Å². The smallest absolute Gasteiger partial charge is 0.302 e. The summed E-state index contributed by atoms with van der Waals surface area (Å²) >= 11 is 0. The Morgan fingerprint density at radius 1 is 1.16 bits per heavy atom. The molecule has 1 heterocycles. The fourth-order valence-corrected chi connectivity index (χ4v) is 4.00. The lowest BCUT2D eigenvalue weighted by Gasteiger charge is -2.30. The highest BCUT2D eigenvalue weighted by Crippen LogP contribution is 2.40. The third-order valence-electron chi connectivity index (χ3n) is 5.16. The Kier molecular flexibility index (Phi) is 5.90. The van der Waals surface area contributed by atoms with Crippen LogP contribution >= 0.6 is 0 Å². The van der Waals surface area contributed by atoms with Gasteiger partial charge < -0.3 is 9.64 Å². The average Bonchev–Trinajstić information content (AvgIpc) is 2.90. The van der Waals surface area contributed by atoms with Crippen molar-refractivity contribution in [3.63, 3.8) is 0 Å². The lowest BCUT2D eigenvalue weighted by atomic mass is 9.87. The van der Waals surface area contributed by atoms with Gasteiger partial charge in [0.25, 0.3) is 5.91 Å². The van der Waals surface area contributed by atoms with Crippen LogP contribution in [0.5, 0.6) is 0 Å². The number of carbonyl (C=O) groups is 2. The van der Waals surface area contributed by atoms with Gasteiger partial charge in [0.05, 0.1) is 12.6 Å². The van der Waals surface area contributed by atoms with Crippen molar-refractivity contribution >= 4 is 17.4 Å². The SMILES string of the molecule is CC(=O)OCCCCCN1C(=O)C(c2ccccc2)=C2CCCCC21. The molecule has 1 aliphatic heterocycles. The van der Waals surface area contributed by atoms with Crippen LogP contribution in [0.1, 0.15) is 57.4 Å². The third-order valence-corrected chi connectivity index (χ3v) is 5.16. The molecule has 4 nitrogen and oxygen atoms in total. The molecule has 2 aliphatic rings. The predicted molar refractivity (Wildman–Crippen MR) is 97.8 cm³/mol. The van der Waals surface area contributed by atoms with Crippen LogP contribution in [0.4, 0.5) is 0 Å². The number of fused-ring (bicyclic) bond motifs is 1. The van der Waals surface area contributed by atoms with E-state index in [1.165, 1.54) is 25.3 Å². The molecule has 3 rings (SSSR count). The van der Waals surface area contributed by atoms with Crippen LogP contribution in [-0.2, 0) is 14.3 Å². The number of rotatable bonds is 7. The van der Waals surface area contributed by atoms with E-state index >= 15 is 0 Å². The van der Waals surface area contributed by atoms with Crippen LogP contribution in [0.25, 0.3) is 5.57 Å². The third kappa shape index (κ3) is 4.12. The highest BCUT2D eigenvalue weighted by Gasteiger charge is 2.39. The molecule has 1 saturated carbocycles. The highest BCUT2D eigenvalue weighted by atomic mass is 16.5. The summed E-state index contributed by atoms with van der Waals surface area (Å²) in [6, 6.07) is 10.4. The number of benzene rings is 1. The van der Waals surface area contributed by atoms with Gasteiger partial charge in [-0.1, -0.05) is 36.8 Å². The van der Waals surface area contributed by atoms with Crippen molar-refractivity contribution in [3.8, 4) is 0 Å². The van der Waals surface area contributed by atoms with E-state index in [1.54, 1.807) is 0 Å². The van der Waals surface area contributed by atoms with Crippen LogP contribution in [0.2, 0.25) is 0 Å². The molecule has 0 N–H and O–H groups in total. The molecule has 134 valence electrons. The zero-order chi connectivity index (χ0) is 17.6. The van der Waals surface area contributed by atoms with Crippen LogP contribution in [0.3, 0.4) is 0 Å². The Morgan fingerprint density at radius 3 is 2.72 bits per heavy atom. The maximum absolute atomic E-state index is 13.1. The Morgan fingerprint density at radius 2 is 1.96 bits per heavy atom. The number of unbranched alkanes of at least 4 members (excludes halogenated alkanes) is 2. The minimum Gasteiger partial charge on any atom is -0.466 e. The summed E-state index contributed by atoms with van der Waals surface area (Å²) in [6.45, 7) is 2.71. The molecule has 1 unspecified atom stereocenters. The summed E-state index contributed by atoms with van der Waals surface area (Å²) in [6.07, 6.45) is 7.31. The Labute approximate surface area is 149 Å². The zero-order valence-electron chi connectivity index (χ0n) is 15.0. The number of amides is 1. The number of esters is 1. The second-order valence-corrected chi connectivity index (χ2v) is 6.93. The molecular weight excluding hydrogens is 314 g/mol. The summed E-state index contributed by atoms with van der Waals surface area (Å²) in [5.41, 5.74) is 3.36. The molecule has 1 aromatic rings. The number of hydrogen-bond donors (Lipinski definition) is 0. The van der Waals surface area contributed by atoms with Crippen LogP contribution in [0.15, 0.2) is 35.9 Å². The van der Waals surface area contributed by atoms with E-state index in [0.717, 1.165) is 49.8 Å². The monoisotopic (exact) mass is 341 g/mol. The summed E-state index contributed by atoms with van der Waals surface area (Å²) in [4.78, 5) is 25.9. The maximum Gasteiger partial charge on any atom is 0.302 e. The van der Waals surface area contributed by atoms with Crippen LogP contribution < -0.4 is 0 Å². The van der Waals surface area contributed by atoms with Crippen molar-refractivity contribution in [2.24, 2.45) is 0 Å². The van der Waals surface area contributed by atoms with Gasteiger partial charge in [-0.2, -0.15) is 0 Å². The standard InChI is InChI=1S/C21H27NO3/c1-16(23)25-15-9-3-8-14-22-19-13-7-6-12-18(19)20(21(22)24)17-10-4-2-5-11-17/h2,4-5,10-11,19H,3,6-9,12-15H2,1H3. The lowest BCUT2D eigenvalue weighted by Crippen LogP contribution is -2.37. The first-order valence-corrected chi connectivity index (χ1v) is 9.41. The molecule has 1 atom stereocenters. The molecule has 0 spiro atoms. The molecule has 1 aromatic carbocycles. The lowest BCUT2D eigenvalue weighted by molar-refractivity contribution is -0.141. The van der Waals surface area contributed by atoms with E-state index in [2.05, 4.69) is 17.0 Å². The molecule has 1 fully saturated rings. The fourth-order valence-electron chi connectivity index (χ4n) is 4.00. The van der Waals surface area contributed by atoms with E-state index < -0.39 is 0 Å². The molecule has 0 aromatic heterocycles. The highest BCUT2D eigenvalue weighted by molar-refractivity contribution is 6.23. The topological polar surface area (TPSA) is 46.6 Å². The fraction of sp³-hybridized carbons (Fsp3) is 0.524. The van der Waals surface area contributed by atoms with Gasteiger partial charge in [-0.05, 0) is 49.7 Å².